The van der Waals surface area contributed by atoms with Crippen molar-refractivity contribution in [1.29, 1.82) is 0 Å². The van der Waals surface area contributed by atoms with Gasteiger partial charge in [0.15, 0.2) is 5.78 Å². The summed E-state index contributed by atoms with van der Waals surface area (Å²) in [6.07, 6.45) is 2.03. The molecular formula is C14H17NO3. The van der Waals surface area contributed by atoms with Crippen LogP contribution in [0.3, 0.4) is 0 Å². The summed E-state index contributed by atoms with van der Waals surface area (Å²) in [5.41, 5.74) is 7.19. The Labute approximate surface area is 106 Å². The first kappa shape index (κ1) is 11.7. The summed E-state index contributed by atoms with van der Waals surface area (Å²) in [4.78, 5) is 12.6. The Kier molecular flexibility index (Phi) is 2.84. The molecule has 1 aromatic rings. The first-order valence-corrected chi connectivity index (χ1v) is 6.37. The molecule has 1 fully saturated rings. The van der Waals surface area contributed by atoms with Crippen molar-refractivity contribution in [2.24, 2.45) is 5.73 Å². The van der Waals surface area contributed by atoms with Crippen LogP contribution in [0.4, 0.5) is 0 Å². The second-order valence-corrected chi connectivity index (χ2v) is 4.99. The van der Waals surface area contributed by atoms with Crippen molar-refractivity contribution in [2.75, 3.05) is 19.8 Å². The van der Waals surface area contributed by atoms with Gasteiger partial charge in [0, 0.05) is 19.6 Å². The zero-order valence-electron chi connectivity index (χ0n) is 10.3. The van der Waals surface area contributed by atoms with E-state index in [1.807, 2.05) is 18.2 Å². The van der Waals surface area contributed by atoms with Gasteiger partial charge in [0.25, 0.3) is 0 Å². The van der Waals surface area contributed by atoms with Crippen LogP contribution in [0.5, 0.6) is 5.75 Å². The minimum atomic E-state index is -0.792. The van der Waals surface area contributed by atoms with E-state index in [2.05, 4.69) is 0 Å². The average Bonchev–Trinajstić information content (AvgIpc) is 2.87. The summed E-state index contributed by atoms with van der Waals surface area (Å²) < 4.78 is 10.9. The largest absolute Gasteiger partial charge is 0.492 e. The molecular weight excluding hydrogens is 230 g/mol. The summed E-state index contributed by atoms with van der Waals surface area (Å²) >= 11 is 0. The van der Waals surface area contributed by atoms with E-state index in [-0.39, 0.29) is 5.78 Å². The van der Waals surface area contributed by atoms with Crippen LogP contribution >= 0.6 is 0 Å². The number of para-hydroxylation sites is 1. The van der Waals surface area contributed by atoms with Crippen molar-refractivity contribution in [1.82, 2.24) is 0 Å². The predicted octanol–water partition coefficient (Wildman–Crippen LogP) is 1.31. The SMILES string of the molecule is NC1(C(=O)c2cccc3c2OCC3)CCOCC1. The van der Waals surface area contributed by atoms with E-state index < -0.39 is 5.54 Å². The van der Waals surface area contributed by atoms with Gasteiger partial charge in [-0.15, -0.1) is 0 Å². The van der Waals surface area contributed by atoms with Crippen LogP contribution in [0.2, 0.25) is 0 Å². The molecule has 1 saturated heterocycles. The van der Waals surface area contributed by atoms with Crippen molar-refractivity contribution in [2.45, 2.75) is 24.8 Å². The number of carbonyl (C=O) groups excluding carboxylic acids is 1. The van der Waals surface area contributed by atoms with Crippen LogP contribution in [0.1, 0.15) is 28.8 Å². The third kappa shape index (κ3) is 1.82. The Balaban J connectivity index is 1.95. The Morgan fingerprint density at radius 1 is 1.22 bits per heavy atom. The fourth-order valence-electron chi connectivity index (χ4n) is 2.62. The number of carbonyl (C=O) groups is 1. The maximum atomic E-state index is 12.6. The molecule has 0 aromatic heterocycles. The van der Waals surface area contributed by atoms with E-state index in [1.54, 1.807) is 0 Å². The van der Waals surface area contributed by atoms with E-state index in [0.29, 0.717) is 38.2 Å². The topological polar surface area (TPSA) is 61.6 Å². The van der Waals surface area contributed by atoms with Crippen LogP contribution in [0.15, 0.2) is 18.2 Å². The lowest BCUT2D eigenvalue weighted by Crippen LogP contribution is -2.52. The molecule has 4 nitrogen and oxygen atoms in total. The molecule has 0 amide bonds. The molecule has 0 spiro atoms. The number of nitrogens with two attached hydrogens (primary N) is 1. The van der Waals surface area contributed by atoms with Crippen molar-refractivity contribution in [3.05, 3.63) is 29.3 Å². The van der Waals surface area contributed by atoms with Gasteiger partial charge in [0.05, 0.1) is 17.7 Å². The average molecular weight is 247 g/mol. The van der Waals surface area contributed by atoms with Crippen LogP contribution in [-0.2, 0) is 11.2 Å². The summed E-state index contributed by atoms with van der Waals surface area (Å²) in [6, 6.07) is 5.73. The van der Waals surface area contributed by atoms with Gasteiger partial charge in [-0.1, -0.05) is 12.1 Å². The van der Waals surface area contributed by atoms with E-state index >= 15 is 0 Å². The molecule has 0 unspecified atom stereocenters. The van der Waals surface area contributed by atoms with Gasteiger partial charge in [0.2, 0.25) is 0 Å². The third-order valence-corrected chi connectivity index (χ3v) is 3.80. The van der Waals surface area contributed by atoms with E-state index in [9.17, 15) is 4.79 Å². The summed E-state index contributed by atoms with van der Waals surface area (Å²) in [7, 11) is 0. The van der Waals surface area contributed by atoms with Gasteiger partial charge in [0.1, 0.15) is 5.75 Å². The molecule has 0 radical (unpaired) electrons. The van der Waals surface area contributed by atoms with Crippen molar-refractivity contribution >= 4 is 5.78 Å². The quantitative estimate of drug-likeness (QED) is 0.800. The number of rotatable bonds is 2. The number of fused-ring (bicyclic) bond motifs is 1. The molecule has 3 rings (SSSR count). The Bertz CT molecular complexity index is 478. The Morgan fingerprint density at radius 2 is 2.00 bits per heavy atom. The normalized spacial score (nSPS) is 21.2. The molecule has 0 bridgehead atoms. The van der Waals surface area contributed by atoms with Gasteiger partial charge >= 0.3 is 0 Å². The number of hydrogen-bond donors (Lipinski definition) is 1. The van der Waals surface area contributed by atoms with E-state index in [0.717, 1.165) is 17.7 Å². The number of ether oxygens (including phenoxy) is 2. The number of benzene rings is 1. The number of Topliss-reactive ketones (excluding diaryl/α,β-unsaturated/α-hetero) is 1. The smallest absolute Gasteiger partial charge is 0.186 e. The van der Waals surface area contributed by atoms with Crippen LogP contribution < -0.4 is 10.5 Å². The molecule has 2 heterocycles. The maximum absolute atomic E-state index is 12.6. The predicted molar refractivity (Wildman–Crippen MR) is 66.9 cm³/mol. The molecule has 0 atom stereocenters. The van der Waals surface area contributed by atoms with E-state index in [4.69, 9.17) is 15.2 Å². The van der Waals surface area contributed by atoms with Crippen molar-refractivity contribution < 1.29 is 14.3 Å². The number of hydrogen-bond acceptors (Lipinski definition) is 4. The van der Waals surface area contributed by atoms with Crippen LogP contribution in [-0.4, -0.2) is 31.1 Å². The lowest BCUT2D eigenvalue weighted by atomic mass is 9.83. The Hall–Kier alpha value is -1.39. The van der Waals surface area contributed by atoms with Gasteiger partial charge in [-0.2, -0.15) is 0 Å². The highest BCUT2D eigenvalue weighted by molar-refractivity contribution is 6.05. The summed E-state index contributed by atoms with van der Waals surface area (Å²) in [6.45, 7) is 1.76. The van der Waals surface area contributed by atoms with Gasteiger partial charge in [-0.3, -0.25) is 4.79 Å². The zero-order valence-corrected chi connectivity index (χ0v) is 10.3. The molecule has 0 saturated carbocycles. The third-order valence-electron chi connectivity index (χ3n) is 3.80. The molecule has 18 heavy (non-hydrogen) atoms. The Morgan fingerprint density at radius 3 is 2.78 bits per heavy atom. The second kappa shape index (κ2) is 4.37. The fourth-order valence-corrected chi connectivity index (χ4v) is 2.62. The maximum Gasteiger partial charge on any atom is 0.186 e. The summed E-state index contributed by atoms with van der Waals surface area (Å²) in [5, 5.41) is 0. The first-order valence-electron chi connectivity index (χ1n) is 6.37. The first-order chi connectivity index (χ1) is 8.71. The standard InChI is InChI=1S/C14H17NO3/c15-14(5-8-17-9-6-14)13(16)11-3-1-2-10-4-7-18-12(10)11/h1-3H,4-9,15H2. The van der Waals surface area contributed by atoms with Crippen LogP contribution in [0, 0.1) is 0 Å². The zero-order chi connectivity index (χ0) is 12.6. The lowest BCUT2D eigenvalue weighted by molar-refractivity contribution is 0.0446. The van der Waals surface area contributed by atoms with Crippen molar-refractivity contribution in [3.8, 4) is 5.75 Å². The molecule has 2 aliphatic rings. The molecule has 2 aliphatic heterocycles. The number of ketones is 1. The highest BCUT2D eigenvalue weighted by atomic mass is 16.5. The molecule has 4 heteroatoms. The molecule has 96 valence electrons. The van der Waals surface area contributed by atoms with Crippen LogP contribution in [0.25, 0.3) is 0 Å². The minimum absolute atomic E-state index is 0.00968. The van der Waals surface area contributed by atoms with Gasteiger partial charge in [-0.05, 0) is 24.5 Å². The highest BCUT2D eigenvalue weighted by Gasteiger charge is 2.38. The molecule has 2 N–H and O–H groups in total. The molecule has 0 aliphatic carbocycles. The van der Waals surface area contributed by atoms with Gasteiger partial charge in [-0.25, -0.2) is 0 Å². The monoisotopic (exact) mass is 247 g/mol. The molecule has 1 aromatic carbocycles. The lowest BCUT2D eigenvalue weighted by Gasteiger charge is -2.32. The van der Waals surface area contributed by atoms with Crippen molar-refractivity contribution in [3.63, 3.8) is 0 Å². The minimum Gasteiger partial charge on any atom is -0.492 e. The van der Waals surface area contributed by atoms with Gasteiger partial charge < -0.3 is 15.2 Å². The van der Waals surface area contributed by atoms with E-state index in [1.165, 1.54) is 0 Å². The highest BCUT2D eigenvalue weighted by Crippen LogP contribution is 2.33. The second-order valence-electron chi connectivity index (χ2n) is 4.99. The fraction of sp³-hybridized carbons (Fsp3) is 0.500. The summed E-state index contributed by atoms with van der Waals surface area (Å²) in [5.74, 6) is 0.725.